The lowest BCUT2D eigenvalue weighted by molar-refractivity contribution is 0.274. The van der Waals surface area contributed by atoms with Gasteiger partial charge in [0.15, 0.2) is 0 Å². The van der Waals surface area contributed by atoms with Crippen molar-refractivity contribution < 1.29 is 19.1 Å². The summed E-state index contributed by atoms with van der Waals surface area (Å²) in [5.74, 6) is 0.325. The molecule has 0 amide bonds. The lowest BCUT2D eigenvalue weighted by Gasteiger charge is -2.28. The van der Waals surface area contributed by atoms with Gasteiger partial charge in [-0.05, 0) is 40.9 Å². The van der Waals surface area contributed by atoms with Crippen LogP contribution in [0.4, 0.5) is 0 Å². The molecule has 4 nitrogen and oxygen atoms in total. The Morgan fingerprint density at radius 2 is 1.48 bits per heavy atom. The highest BCUT2D eigenvalue weighted by Crippen LogP contribution is 2.44. The standard InChI is InChI=1S/C18H31O4P/c1-8-22-23(20,21)10-9-13-11-14(17(2,3)4)16(19)15(12-13)18(5,6)7/h11-12,19H,8-10H2,1-7H3,(H,20,21). The van der Waals surface area contributed by atoms with Gasteiger partial charge in [-0.25, -0.2) is 0 Å². The predicted octanol–water partition coefficient (Wildman–Crippen LogP) is 4.75. The van der Waals surface area contributed by atoms with Gasteiger partial charge in [-0.2, -0.15) is 0 Å². The first-order chi connectivity index (χ1) is 10.3. The van der Waals surface area contributed by atoms with E-state index in [-0.39, 0.29) is 23.6 Å². The fourth-order valence-corrected chi connectivity index (χ4v) is 3.59. The fourth-order valence-electron chi connectivity index (χ4n) is 2.52. The Balaban J connectivity index is 3.26. The van der Waals surface area contributed by atoms with Crippen LogP contribution in [0.1, 0.15) is 65.2 Å². The van der Waals surface area contributed by atoms with Gasteiger partial charge in [0.1, 0.15) is 5.75 Å². The average molecular weight is 342 g/mol. The van der Waals surface area contributed by atoms with Crippen molar-refractivity contribution in [2.24, 2.45) is 0 Å². The molecule has 0 saturated heterocycles. The van der Waals surface area contributed by atoms with Crippen molar-refractivity contribution in [3.8, 4) is 5.75 Å². The molecule has 0 aliphatic heterocycles. The molecule has 0 heterocycles. The molecule has 0 aromatic heterocycles. The van der Waals surface area contributed by atoms with Gasteiger partial charge in [-0.1, -0.05) is 53.7 Å². The molecule has 132 valence electrons. The summed E-state index contributed by atoms with van der Waals surface area (Å²) in [6.07, 6.45) is 0.527. The summed E-state index contributed by atoms with van der Waals surface area (Å²) in [6.45, 7) is 14.2. The predicted molar refractivity (Wildman–Crippen MR) is 95.5 cm³/mol. The zero-order chi connectivity index (χ0) is 18.1. The molecular weight excluding hydrogens is 311 g/mol. The maximum absolute atomic E-state index is 11.9. The zero-order valence-corrected chi connectivity index (χ0v) is 16.3. The van der Waals surface area contributed by atoms with E-state index in [0.717, 1.165) is 16.7 Å². The summed E-state index contributed by atoms with van der Waals surface area (Å²) in [6, 6.07) is 3.88. The number of hydrogen-bond acceptors (Lipinski definition) is 3. The number of benzene rings is 1. The number of hydrogen-bond donors (Lipinski definition) is 2. The molecule has 1 aromatic rings. The van der Waals surface area contributed by atoms with Gasteiger partial charge in [0, 0.05) is 0 Å². The van der Waals surface area contributed by atoms with Crippen LogP contribution in [0.2, 0.25) is 0 Å². The number of phenols is 1. The minimum atomic E-state index is -3.54. The first-order valence-electron chi connectivity index (χ1n) is 8.11. The van der Waals surface area contributed by atoms with Gasteiger partial charge in [0.25, 0.3) is 0 Å². The SMILES string of the molecule is CCOP(=O)(O)CCc1cc(C(C)(C)C)c(O)c(C(C)(C)C)c1. The van der Waals surface area contributed by atoms with E-state index in [0.29, 0.717) is 12.2 Å². The van der Waals surface area contributed by atoms with Crippen LogP contribution in [0.15, 0.2) is 12.1 Å². The van der Waals surface area contributed by atoms with E-state index in [9.17, 15) is 14.6 Å². The third-order valence-electron chi connectivity index (χ3n) is 3.80. The quantitative estimate of drug-likeness (QED) is 0.758. The van der Waals surface area contributed by atoms with E-state index in [1.165, 1.54) is 0 Å². The Labute approximate surface area is 140 Å². The van der Waals surface area contributed by atoms with E-state index in [1.807, 2.05) is 12.1 Å². The lowest BCUT2D eigenvalue weighted by Crippen LogP contribution is -2.18. The fraction of sp³-hybridized carbons (Fsp3) is 0.667. The molecule has 0 spiro atoms. The van der Waals surface area contributed by atoms with Crippen molar-refractivity contribution in [2.75, 3.05) is 12.8 Å². The van der Waals surface area contributed by atoms with Gasteiger partial charge in [0.2, 0.25) is 0 Å². The van der Waals surface area contributed by atoms with Gasteiger partial charge < -0.3 is 14.5 Å². The van der Waals surface area contributed by atoms with Crippen LogP contribution in [-0.4, -0.2) is 22.8 Å². The molecule has 2 N–H and O–H groups in total. The molecule has 0 aliphatic rings. The van der Waals surface area contributed by atoms with Crippen molar-refractivity contribution in [3.05, 3.63) is 28.8 Å². The molecule has 0 aliphatic carbocycles. The Morgan fingerprint density at radius 1 is 1.04 bits per heavy atom. The van der Waals surface area contributed by atoms with Gasteiger partial charge in [-0.3, -0.25) is 4.57 Å². The van der Waals surface area contributed by atoms with Crippen LogP contribution in [0.3, 0.4) is 0 Å². The van der Waals surface area contributed by atoms with Crippen molar-refractivity contribution in [1.82, 2.24) is 0 Å². The van der Waals surface area contributed by atoms with E-state index in [4.69, 9.17) is 4.52 Å². The molecule has 23 heavy (non-hydrogen) atoms. The molecule has 5 heteroatoms. The maximum Gasteiger partial charge on any atom is 0.328 e. The molecule has 1 rings (SSSR count). The molecule has 1 aromatic carbocycles. The van der Waals surface area contributed by atoms with Crippen LogP contribution in [0, 0.1) is 0 Å². The maximum atomic E-state index is 11.9. The summed E-state index contributed by atoms with van der Waals surface area (Å²) >= 11 is 0. The third kappa shape index (κ3) is 5.63. The second kappa shape index (κ2) is 6.96. The van der Waals surface area contributed by atoms with Crippen LogP contribution < -0.4 is 0 Å². The largest absolute Gasteiger partial charge is 0.507 e. The van der Waals surface area contributed by atoms with Crippen molar-refractivity contribution in [2.45, 2.75) is 65.7 Å². The molecular formula is C18H31O4P. The Hall–Kier alpha value is -0.830. The van der Waals surface area contributed by atoms with E-state index in [1.54, 1.807) is 6.92 Å². The summed E-state index contributed by atoms with van der Waals surface area (Å²) < 4.78 is 16.8. The molecule has 0 saturated carbocycles. The average Bonchev–Trinajstić information content (AvgIpc) is 2.34. The zero-order valence-electron chi connectivity index (χ0n) is 15.4. The first-order valence-corrected chi connectivity index (χ1v) is 9.87. The van der Waals surface area contributed by atoms with Crippen molar-refractivity contribution in [3.63, 3.8) is 0 Å². The monoisotopic (exact) mass is 342 g/mol. The highest BCUT2D eigenvalue weighted by molar-refractivity contribution is 7.52. The van der Waals surface area contributed by atoms with Crippen LogP contribution in [0.5, 0.6) is 5.75 Å². The lowest BCUT2D eigenvalue weighted by atomic mass is 9.78. The van der Waals surface area contributed by atoms with Crippen LogP contribution in [0.25, 0.3) is 0 Å². The second-order valence-electron chi connectivity index (χ2n) is 8.07. The van der Waals surface area contributed by atoms with Crippen molar-refractivity contribution in [1.29, 1.82) is 0 Å². The topological polar surface area (TPSA) is 66.8 Å². The highest BCUT2D eigenvalue weighted by Gasteiger charge is 2.27. The number of phenolic OH excluding ortho intramolecular Hbond substituents is 1. The molecule has 0 bridgehead atoms. The van der Waals surface area contributed by atoms with E-state index < -0.39 is 7.60 Å². The van der Waals surface area contributed by atoms with E-state index >= 15 is 0 Å². The molecule has 1 unspecified atom stereocenters. The Morgan fingerprint density at radius 3 is 1.83 bits per heavy atom. The van der Waals surface area contributed by atoms with Crippen LogP contribution in [-0.2, 0) is 26.3 Å². The van der Waals surface area contributed by atoms with Crippen molar-refractivity contribution >= 4 is 7.60 Å². The smallest absolute Gasteiger partial charge is 0.328 e. The summed E-state index contributed by atoms with van der Waals surface area (Å²) in [4.78, 5) is 9.77. The third-order valence-corrected chi connectivity index (χ3v) is 5.25. The molecule has 0 fully saturated rings. The second-order valence-corrected chi connectivity index (χ2v) is 10.0. The normalized spacial score (nSPS) is 15.5. The highest BCUT2D eigenvalue weighted by atomic mass is 31.2. The van der Waals surface area contributed by atoms with Gasteiger partial charge >= 0.3 is 7.60 Å². The van der Waals surface area contributed by atoms with Crippen LogP contribution >= 0.6 is 7.60 Å². The van der Waals surface area contributed by atoms with E-state index in [2.05, 4.69) is 41.5 Å². The van der Waals surface area contributed by atoms with Gasteiger partial charge in [0.05, 0.1) is 12.8 Å². The summed E-state index contributed by atoms with van der Waals surface area (Å²) in [7, 11) is -3.54. The molecule has 1 atom stereocenters. The number of rotatable bonds is 5. The Bertz CT molecular complexity index is 559. The minimum absolute atomic E-state index is 0.0821. The molecule has 0 radical (unpaired) electrons. The number of aryl methyl sites for hydroxylation is 1. The first kappa shape index (κ1) is 20.2. The summed E-state index contributed by atoms with van der Waals surface area (Å²) in [5, 5.41) is 10.7. The van der Waals surface area contributed by atoms with Gasteiger partial charge in [-0.15, -0.1) is 0 Å². The minimum Gasteiger partial charge on any atom is -0.507 e. The number of aromatic hydroxyl groups is 1. The summed E-state index contributed by atoms with van der Waals surface area (Å²) in [5.41, 5.74) is 2.27. The Kier molecular flexibility index (Phi) is 6.12.